The minimum absolute atomic E-state index is 0.182. The summed E-state index contributed by atoms with van der Waals surface area (Å²) in [5.41, 5.74) is 3.62. The highest BCUT2D eigenvalue weighted by molar-refractivity contribution is 9.10. The van der Waals surface area contributed by atoms with E-state index in [0.717, 1.165) is 26.8 Å². The van der Waals surface area contributed by atoms with Crippen molar-refractivity contribution < 1.29 is 5.11 Å². The van der Waals surface area contributed by atoms with Gasteiger partial charge in [-0.25, -0.2) is 4.98 Å². The summed E-state index contributed by atoms with van der Waals surface area (Å²) in [6, 6.07) is 13.2. The molecular formula is C18H13BrClN3O. The average molecular weight is 403 g/mol. The first kappa shape index (κ1) is 15.3. The van der Waals surface area contributed by atoms with Crippen molar-refractivity contribution in [3.63, 3.8) is 0 Å². The van der Waals surface area contributed by atoms with E-state index in [-0.39, 0.29) is 5.75 Å². The van der Waals surface area contributed by atoms with Crippen molar-refractivity contribution in [1.29, 1.82) is 0 Å². The monoisotopic (exact) mass is 401 g/mol. The molecule has 2 heterocycles. The highest BCUT2D eigenvalue weighted by atomic mass is 79.9. The van der Waals surface area contributed by atoms with Gasteiger partial charge in [0.25, 0.3) is 0 Å². The van der Waals surface area contributed by atoms with E-state index in [9.17, 15) is 5.11 Å². The molecule has 0 unspecified atom stereocenters. The van der Waals surface area contributed by atoms with Crippen LogP contribution < -0.4 is 0 Å². The number of hydrogen-bond acceptors (Lipinski definition) is 2. The lowest BCUT2D eigenvalue weighted by Gasteiger charge is -2.09. The number of aromatic amines is 1. The number of phenols is 1. The third-order valence-corrected chi connectivity index (χ3v) is 4.65. The third kappa shape index (κ3) is 2.81. The van der Waals surface area contributed by atoms with Gasteiger partial charge < -0.3 is 14.7 Å². The highest BCUT2D eigenvalue weighted by Gasteiger charge is 2.12. The maximum atomic E-state index is 10.1. The van der Waals surface area contributed by atoms with Gasteiger partial charge in [-0.3, -0.25) is 0 Å². The molecule has 0 saturated carbocycles. The van der Waals surface area contributed by atoms with Gasteiger partial charge in [-0.1, -0.05) is 27.5 Å². The number of nitrogens with one attached hydrogen (secondary N) is 1. The number of halogens is 2. The summed E-state index contributed by atoms with van der Waals surface area (Å²) in [5, 5.41) is 11.8. The van der Waals surface area contributed by atoms with Crippen LogP contribution in [0.15, 0.2) is 59.5 Å². The minimum Gasteiger partial charge on any atom is -0.507 e. The van der Waals surface area contributed by atoms with Crippen molar-refractivity contribution in [2.45, 2.75) is 6.54 Å². The number of benzene rings is 2. The SMILES string of the molecule is Oc1ccc(Cl)cc1-c1cncn1Cc1cc2cc(Br)ccc2[nH]1. The Bertz CT molecular complexity index is 1040. The van der Waals surface area contributed by atoms with Crippen LogP contribution in [0.3, 0.4) is 0 Å². The van der Waals surface area contributed by atoms with Crippen LogP contribution in [0.2, 0.25) is 5.02 Å². The molecule has 0 amide bonds. The highest BCUT2D eigenvalue weighted by Crippen LogP contribution is 2.32. The molecule has 6 heteroatoms. The Morgan fingerprint density at radius 1 is 1.17 bits per heavy atom. The van der Waals surface area contributed by atoms with E-state index < -0.39 is 0 Å². The topological polar surface area (TPSA) is 53.8 Å². The molecular weight excluding hydrogens is 390 g/mol. The fourth-order valence-corrected chi connectivity index (χ4v) is 3.37. The molecule has 4 rings (SSSR count). The number of aromatic nitrogens is 3. The molecule has 24 heavy (non-hydrogen) atoms. The quantitative estimate of drug-likeness (QED) is 0.495. The van der Waals surface area contributed by atoms with Crippen LogP contribution in [0.25, 0.3) is 22.2 Å². The first-order chi connectivity index (χ1) is 11.6. The fraction of sp³-hybridized carbons (Fsp3) is 0.0556. The maximum Gasteiger partial charge on any atom is 0.125 e. The van der Waals surface area contributed by atoms with Gasteiger partial charge >= 0.3 is 0 Å². The Morgan fingerprint density at radius 3 is 2.92 bits per heavy atom. The van der Waals surface area contributed by atoms with Crippen LogP contribution in [-0.4, -0.2) is 19.6 Å². The van der Waals surface area contributed by atoms with Gasteiger partial charge in [0.1, 0.15) is 5.75 Å². The first-order valence-electron chi connectivity index (χ1n) is 7.36. The zero-order chi connectivity index (χ0) is 16.7. The van der Waals surface area contributed by atoms with Crippen molar-refractivity contribution in [3.8, 4) is 17.0 Å². The molecule has 2 aromatic carbocycles. The van der Waals surface area contributed by atoms with Crippen LogP contribution in [0.1, 0.15) is 5.69 Å². The van der Waals surface area contributed by atoms with E-state index in [1.807, 2.05) is 16.7 Å². The van der Waals surface area contributed by atoms with E-state index >= 15 is 0 Å². The number of H-pyrrole nitrogens is 1. The smallest absolute Gasteiger partial charge is 0.125 e. The largest absolute Gasteiger partial charge is 0.507 e. The molecule has 2 aromatic heterocycles. The summed E-state index contributed by atoms with van der Waals surface area (Å²) in [4.78, 5) is 7.63. The molecule has 0 radical (unpaired) electrons. The summed E-state index contributed by atoms with van der Waals surface area (Å²) >= 11 is 9.55. The lowest BCUT2D eigenvalue weighted by molar-refractivity contribution is 0.476. The summed E-state index contributed by atoms with van der Waals surface area (Å²) in [7, 11) is 0. The molecule has 0 atom stereocenters. The van der Waals surface area contributed by atoms with Gasteiger partial charge in [-0.15, -0.1) is 0 Å². The van der Waals surface area contributed by atoms with Crippen molar-refractivity contribution in [1.82, 2.24) is 14.5 Å². The summed E-state index contributed by atoms with van der Waals surface area (Å²) in [5.74, 6) is 0.182. The predicted octanol–water partition coefficient (Wildman–Crippen LogP) is 5.20. The number of aromatic hydroxyl groups is 1. The van der Waals surface area contributed by atoms with Crippen LogP contribution in [-0.2, 0) is 6.54 Å². The second-order valence-electron chi connectivity index (χ2n) is 5.59. The Hall–Kier alpha value is -2.24. The lowest BCUT2D eigenvalue weighted by atomic mass is 10.1. The molecule has 4 nitrogen and oxygen atoms in total. The van der Waals surface area contributed by atoms with Crippen molar-refractivity contribution >= 4 is 38.4 Å². The van der Waals surface area contributed by atoms with E-state index in [2.05, 4.69) is 38.0 Å². The van der Waals surface area contributed by atoms with Crippen molar-refractivity contribution in [2.75, 3.05) is 0 Å². The normalized spacial score (nSPS) is 11.2. The van der Waals surface area contributed by atoms with E-state index in [1.165, 1.54) is 0 Å². The molecule has 0 saturated heterocycles. The Balaban J connectivity index is 1.73. The second kappa shape index (κ2) is 6.00. The lowest BCUT2D eigenvalue weighted by Crippen LogP contribution is -2.00. The van der Waals surface area contributed by atoms with E-state index in [1.54, 1.807) is 30.7 Å². The molecule has 120 valence electrons. The van der Waals surface area contributed by atoms with Gasteiger partial charge in [0.05, 0.1) is 24.8 Å². The molecule has 0 aliphatic carbocycles. The number of hydrogen-bond donors (Lipinski definition) is 2. The zero-order valence-corrected chi connectivity index (χ0v) is 14.8. The third-order valence-electron chi connectivity index (χ3n) is 3.93. The Labute approximate surface area is 151 Å². The molecule has 0 spiro atoms. The first-order valence-corrected chi connectivity index (χ1v) is 8.53. The molecule has 0 fully saturated rings. The fourth-order valence-electron chi connectivity index (χ4n) is 2.82. The van der Waals surface area contributed by atoms with E-state index in [4.69, 9.17) is 11.6 Å². The number of rotatable bonds is 3. The van der Waals surface area contributed by atoms with Gasteiger partial charge in [-0.05, 0) is 42.5 Å². The van der Waals surface area contributed by atoms with Crippen molar-refractivity contribution in [2.24, 2.45) is 0 Å². The van der Waals surface area contributed by atoms with Gasteiger partial charge in [0.2, 0.25) is 0 Å². The van der Waals surface area contributed by atoms with E-state index in [0.29, 0.717) is 17.1 Å². The molecule has 0 aliphatic heterocycles. The molecule has 0 bridgehead atoms. The summed E-state index contributed by atoms with van der Waals surface area (Å²) in [6.45, 7) is 0.619. The molecule has 4 aromatic rings. The van der Waals surface area contributed by atoms with Crippen LogP contribution in [0.5, 0.6) is 5.75 Å². The molecule has 2 N–H and O–H groups in total. The number of nitrogens with zero attached hydrogens (tertiary/aromatic N) is 2. The minimum atomic E-state index is 0.182. The van der Waals surface area contributed by atoms with Crippen LogP contribution in [0.4, 0.5) is 0 Å². The van der Waals surface area contributed by atoms with Gasteiger partial charge in [-0.2, -0.15) is 0 Å². The van der Waals surface area contributed by atoms with Crippen molar-refractivity contribution in [3.05, 3.63) is 70.2 Å². The van der Waals surface area contributed by atoms with Crippen LogP contribution >= 0.6 is 27.5 Å². The second-order valence-corrected chi connectivity index (χ2v) is 6.95. The zero-order valence-electron chi connectivity index (χ0n) is 12.5. The summed E-state index contributed by atoms with van der Waals surface area (Å²) < 4.78 is 3.03. The Kier molecular flexibility index (Phi) is 3.82. The number of fused-ring (bicyclic) bond motifs is 1. The van der Waals surface area contributed by atoms with Crippen LogP contribution in [0, 0.1) is 0 Å². The predicted molar refractivity (Wildman–Crippen MR) is 99.4 cm³/mol. The maximum absolute atomic E-state index is 10.1. The standard InChI is InChI=1S/C18H13BrClN3O/c19-12-1-3-16-11(5-12)6-14(22-16)9-23-10-21-8-17(23)15-7-13(20)2-4-18(15)24/h1-8,10,22,24H,9H2. The average Bonchev–Trinajstić information content (AvgIpc) is 3.16. The Morgan fingerprint density at radius 2 is 2.04 bits per heavy atom. The number of imidazole rings is 1. The van der Waals surface area contributed by atoms with Gasteiger partial charge in [0.15, 0.2) is 0 Å². The summed E-state index contributed by atoms with van der Waals surface area (Å²) in [6.07, 6.45) is 3.47. The number of phenolic OH excluding ortho intramolecular Hbond substituents is 1. The van der Waals surface area contributed by atoms with Gasteiger partial charge in [0, 0.05) is 31.7 Å². The molecule has 0 aliphatic rings.